The number of H-pyrrole nitrogens is 1. The molecule has 0 aliphatic carbocycles. The molecule has 0 fully saturated rings. The van der Waals surface area contributed by atoms with Gasteiger partial charge in [-0.05, 0) is 52.4 Å². The standard InChI is InChI=1S/C18H13ClINO3/c19-10-5-6-12(15(20)7-10)17(22)8-13(18(23)24)14-9-21-16-4-2-1-3-11(14)16/h1-7,9,13,21H,8H2,(H,23,24). The van der Waals surface area contributed by atoms with Crippen LogP contribution < -0.4 is 0 Å². The fourth-order valence-electron chi connectivity index (χ4n) is 2.72. The zero-order valence-corrected chi connectivity index (χ0v) is 15.3. The summed E-state index contributed by atoms with van der Waals surface area (Å²) in [6.07, 6.45) is 1.57. The number of Topliss-reactive ketones (excluding diaryl/α,β-unsaturated/α-hetero) is 1. The topological polar surface area (TPSA) is 70.2 Å². The molecular weight excluding hydrogens is 441 g/mol. The van der Waals surface area contributed by atoms with Crippen molar-refractivity contribution >= 4 is 56.8 Å². The summed E-state index contributed by atoms with van der Waals surface area (Å²) in [6, 6.07) is 12.4. The summed E-state index contributed by atoms with van der Waals surface area (Å²) in [6.45, 7) is 0. The molecule has 0 spiro atoms. The highest BCUT2D eigenvalue weighted by molar-refractivity contribution is 14.1. The van der Waals surface area contributed by atoms with Gasteiger partial charge in [0, 0.05) is 37.7 Å². The maximum absolute atomic E-state index is 12.6. The number of hydrogen-bond acceptors (Lipinski definition) is 2. The predicted molar refractivity (Wildman–Crippen MR) is 102 cm³/mol. The Balaban J connectivity index is 1.95. The molecule has 2 N–H and O–H groups in total. The Morgan fingerprint density at radius 2 is 1.96 bits per heavy atom. The number of aromatic nitrogens is 1. The fourth-order valence-corrected chi connectivity index (χ4v) is 3.90. The summed E-state index contributed by atoms with van der Waals surface area (Å²) in [4.78, 5) is 27.4. The maximum Gasteiger partial charge on any atom is 0.311 e. The average Bonchev–Trinajstić information content (AvgIpc) is 2.96. The van der Waals surface area contributed by atoms with E-state index in [1.54, 1.807) is 24.4 Å². The third kappa shape index (κ3) is 3.32. The van der Waals surface area contributed by atoms with Crippen LogP contribution in [0, 0.1) is 3.57 Å². The van der Waals surface area contributed by atoms with Crippen molar-refractivity contribution in [1.29, 1.82) is 0 Å². The molecule has 3 aromatic rings. The molecule has 0 radical (unpaired) electrons. The van der Waals surface area contributed by atoms with Crippen LogP contribution in [0.4, 0.5) is 0 Å². The summed E-state index contributed by atoms with van der Waals surface area (Å²) in [5.74, 6) is -2.13. The van der Waals surface area contributed by atoms with Gasteiger partial charge in [-0.3, -0.25) is 9.59 Å². The van der Waals surface area contributed by atoms with Crippen LogP contribution in [0.25, 0.3) is 10.9 Å². The Kier molecular flexibility index (Phi) is 4.91. The lowest BCUT2D eigenvalue weighted by Crippen LogP contribution is -2.16. The quantitative estimate of drug-likeness (QED) is 0.428. The van der Waals surface area contributed by atoms with Crippen molar-refractivity contribution in [2.24, 2.45) is 0 Å². The molecule has 0 saturated carbocycles. The van der Waals surface area contributed by atoms with E-state index >= 15 is 0 Å². The van der Waals surface area contributed by atoms with Crippen molar-refractivity contribution in [2.75, 3.05) is 0 Å². The molecule has 1 atom stereocenters. The number of aliphatic carboxylic acids is 1. The van der Waals surface area contributed by atoms with Crippen LogP contribution in [0.3, 0.4) is 0 Å². The van der Waals surface area contributed by atoms with Gasteiger partial charge in [0.05, 0.1) is 5.92 Å². The number of fused-ring (bicyclic) bond motifs is 1. The third-order valence-electron chi connectivity index (χ3n) is 3.92. The fraction of sp³-hybridized carbons (Fsp3) is 0.111. The number of rotatable bonds is 5. The first-order valence-corrected chi connectivity index (χ1v) is 8.70. The van der Waals surface area contributed by atoms with Crippen LogP contribution in [0.15, 0.2) is 48.7 Å². The Labute approximate surface area is 157 Å². The van der Waals surface area contributed by atoms with E-state index in [4.69, 9.17) is 11.6 Å². The van der Waals surface area contributed by atoms with Gasteiger partial charge < -0.3 is 10.1 Å². The minimum atomic E-state index is -1.02. The summed E-state index contributed by atoms with van der Waals surface area (Å²) < 4.78 is 0.716. The van der Waals surface area contributed by atoms with Crippen LogP contribution in [0.5, 0.6) is 0 Å². The van der Waals surface area contributed by atoms with Gasteiger partial charge in [-0.25, -0.2) is 0 Å². The van der Waals surface area contributed by atoms with Crippen molar-refractivity contribution in [1.82, 2.24) is 4.98 Å². The number of carboxylic acid groups (broad SMARTS) is 1. The summed E-state index contributed by atoms with van der Waals surface area (Å²) in [5, 5.41) is 11.0. The lowest BCUT2D eigenvalue weighted by molar-refractivity contribution is -0.138. The minimum absolute atomic E-state index is 0.102. The molecule has 1 unspecified atom stereocenters. The summed E-state index contributed by atoms with van der Waals surface area (Å²) in [5.41, 5.74) is 1.97. The van der Waals surface area contributed by atoms with Gasteiger partial charge in [-0.1, -0.05) is 29.8 Å². The van der Waals surface area contributed by atoms with E-state index in [9.17, 15) is 14.7 Å². The Morgan fingerprint density at radius 1 is 1.21 bits per heavy atom. The van der Waals surface area contributed by atoms with Gasteiger partial charge >= 0.3 is 5.97 Å². The molecule has 0 amide bonds. The second-order valence-corrected chi connectivity index (χ2v) is 7.03. The number of carbonyl (C=O) groups is 2. The minimum Gasteiger partial charge on any atom is -0.481 e. The normalized spacial score (nSPS) is 12.2. The summed E-state index contributed by atoms with van der Waals surface area (Å²) >= 11 is 7.94. The number of aromatic amines is 1. The van der Waals surface area contributed by atoms with Crippen LogP contribution in [-0.2, 0) is 4.79 Å². The van der Waals surface area contributed by atoms with Gasteiger partial charge in [0.15, 0.2) is 5.78 Å². The van der Waals surface area contributed by atoms with Crippen LogP contribution in [-0.4, -0.2) is 21.8 Å². The number of hydrogen-bond donors (Lipinski definition) is 2. The molecule has 122 valence electrons. The van der Waals surface area contributed by atoms with E-state index < -0.39 is 11.9 Å². The average molecular weight is 454 g/mol. The molecule has 24 heavy (non-hydrogen) atoms. The molecule has 1 heterocycles. The maximum atomic E-state index is 12.6. The van der Waals surface area contributed by atoms with Gasteiger partial charge in [-0.15, -0.1) is 0 Å². The van der Waals surface area contributed by atoms with Crippen molar-refractivity contribution in [3.8, 4) is 0 Å². The van der Waals surface area contributed by atoms with Gasteiger partial charge in [0.25, 0.3) is 0 Å². The number of carboxylic acids is 1. The number of para-hydroxylation sites is 1. The number of ketones is 1. The Morgan fingerprint density at radius 3 is 2.67 bits per heavy atom. The van der Waals surface area contributed by atoms with Crippen molar-refractivity contribution in [2.45, 2.75) is 12.3 Å². The molecule has 0 bridgehead atoms. The molecular formula is C18H13ClINO3. The van der Waals surface area contributed by atoms with Crippen LogP contribution in [0.2, 0.25) is 5.02 Å². The van der Waals surface area contributed by atoms with Crippen LogP contribution >= 0.6 is 34.2 Å². The van der Waals surface area contributed by atoms with Crippen molar-refractivity contribution < 1.29 is 14.7 Å². The highest BCUT2D eigenvalue weighted by Gasteiger charge is 2.27. The van der Waals surface area contributed by atoms with Crippen molar-refractivity contribution in [3.05, 3.63) is 68.4 Å². The van der Waals surface area contributed by atoms with Gasteiger partial charge in [0.2, 0.25) is 0 Å². The van der Waals surface area contributed by atoms with Crippen LogP contribution in [0.1, 0.15) is 28.3 Å². The number of nitrogens with one attached hydrogen (secondary N) is 1. The third-order valence-corrected chi connectivity index (χ3v) is 5.04. The molecule has 2 aromatic carbocycles. The number of benzene rings is 2. The van der Waals surface area contributed by atoms with E-state index in [0.29, 0.717) is 19.7 Å². The molecule has 6 heteroatoms. The SMILES string of the molecule is O=C(CC(C(=O)O)c1c[nH]c2ccccc12)c1ccc(Cl)cc1I. The van der Waals surface area contributed by atoms with Gasteiger partial charge in [0.1, 0.15) is 0 Å². The first-order valence-electron chi connectivity index (χ1n) is 7.24. The Bertz CT molecular complexity index is 935. The second-order valence-electron chi connectivity index (χ2n) is 5.43. The predicted octanol–water partition coefficient (Wildman–Crippen LogP) is 4.87. The van der Waals surface area contributed by atoms with E-state index in [2.05, 4.69) is 4.98 Å². The van der Waals surface area contributed by atoms with E-state index in [1.807, 2.05) is 46.9 Å². The molecule has 3 rings (SSSR count). The highest BCUT2D eigenvalue weighted by Crippen LogP contribution is 2.30. The first kappa shape index (κ1) is 17.0. The smallest absolute Gasteiger partial charge is 0.311 e. The molecule has 4 nitrogen and oxygen atoms in total. The lowest BCUT2D eigenvalue weighted by atomic mass is 9.91. The number of halogens is 2. The van der Waals surface area contributed by atoms with Crippen molar-refractivity contribution in [3.63, 3.8) is 0 Å². The zero-order chi connectivity index (χ0) is 17.3. The zero-order valence-electron chi connectivity index (χ0n) is 12.4. The second kappa shape index (κ2) is 6.94. The summed E-state index contributed by atoms with van der Waals surface area (Å²) in [7, 11) is 0. The molecule has 0 saturated heterocycles. The molecule has 0 aliphatic rings. The highest BCUT2D eigenvalue weighted by atomic mass is 127. The first-order chi connectivity index (χ1) is 11.5. The monoisotopic (exact) mass is 453 g/mol. The largest absolute Gasteiger partial charge is 0.481 e. The molecule has 0 aliphatic heterocycles. The van der Waals surface area contributed by atoms with E-state index in [1.165, 1.54) is 0 Å². The van der Waals surface area contributed by atoms with E-state index in [0.717, 1.165) is 10.9 Å². The lowest BCUT2D eigenvalue weighted by Gasteiger charge is -2.12. The number of carbonyl (C=O) groups excluding carboxylic acids is 1. The Hall–Kier alpha value is -1.86. The van der Waals surface area contributed by atoms with Gasteiger partial charge in [-0.2, -0.15) is 0 Å². The molecule has 1 aromatic heterocycles. The van der Waals surface area contributed by atoms with E-state index in [-0.39, 0.29) is 12.2 Å².